The van der Waals surface area contributed by atoms with Gasteiger partial charge < -0.3 is 10.1 Å². The van der Waals surface area contributed by atoms with Crippen LogP contribution in [0.4, 0.5) is 4.39 Å². The number of benzene rings is 1. The zero-order valence-electron chi connectivity index (χ0n) is 13.1. The van der Waals surface area contributed by atoms with Gasteiger partial charge in [-0.1, -0.05) is 0 Å². The number of nitrogens with one attached hydrogen (secondary N) is 1. The number of nitrogens with zero attached hydrogens (tertiary/aromatic N) is 4. The van der Waals surface area contributed by atoms with Crippen LogP contribution in [-0.2, 0) is 9.53 Å². The van der Waals surface area contributed by atoms with Gasteiger partial charge in [0.2, 0.25) is 0 Å². The summed E-state index contributed by atoms with van der Waals surface area (Å²) >= 11 is 1.54. The Hall–Kier alpha value is -2.49. The number of halogens is 1. The van der Waals surface area contributed by atoms with Crippen LogP contribution in [0.15, 0.2) is 24.5 Å². The number of tetrazole rings is 1. The number of methoxy groups -OCH3 is 1. The zero-order valence-corrected chi connectivity index (χ0v) is 13.9. The molecule has 1 aromatic heterocycles. The Balaban J connectivity index is 2.27. The maximum atomic E-state index is 13.5. The predicted molar refractivity (Wildman–Crippen MR) is 85.4 cm³/mol. The first-order valence-electron chi connectivity index (χ1n) is 6.97. The van der Waals surface area contributed by atoms with Crippen molar-refractivity contribution in [2.45, 2.75) is 12.5 Å². The van der Waals surface area contributed by atoms with E-state index < -0.39 is 23.7 Å². The lowest BCUT2D eigenvalue weighted by molar-refractivity contribution is -0.142. The van der Waals surface area contributed by atoms with Gasteiger partial charge in [-0.2, -0.15) is 16.4 Å². The van der Waals surface area contributed by atoms with E-state index >= 15 is 0 Å². The number of amides is 1. The Kier molecular flexibility index (Phi) is 6.24. The number of ether oxygens (including phenoxy) is 1. The average Bonchev–Trinajstić information content (AvgIpc) is 3.12. The molecule has 1 amide bonds. The normalized spacial score (nSPS) is 11.8. The summed E-state index contributed by atoms with van der Waals surface area (Å²) in [7, 11) is 1.25. The Morgan fingerprint density at radius 2 is 2.25 bits per heavy atom. The Labute approximate surface area is 141 Å². The first-order chi connectivity index (χ1) is 11.6. The molecule has 0 aliphatic rings. The first-order valence-corrected chi connectivity index (χ1v) is 8.36. The molecule has 128 valence electrons. The van der Waals surface area contributed by atoms with Crippen molar-refractivity contribution in [2.75, 3.05) is 19.1 Å². The molecular weight excluding hydrogens is 337 g/mol. The molecule has 0 fully saturated rings. The van der Waals surface area contributed by atoms with E-state index in [-0.39, 0.29) is 11.3 Å². The number of hydrogen-bond acceptors (Lipinski definition) is 7. The topological polar surface area (TPSA) is 99.0 Å². The summed E-state index contributed by atoms with van der Waals surface area (Å²) in [6, 6.07) is 2.81. The zero-order chi connectivity index (χ0) is 17.5. The smallest absolute Gasteiger partial charge is 0.328 e. The molecule has 10 heteroatoms. The number of rotatable bonds is 7. The van der Waals surface area contributed by atoms with Crippen molar-refractivity contribution in [1.29, 1.82) is 0 Å². The summed E-state index contributed by atoms with van der Waals surface area (Å²) in [6.45, 7) is 0. The van der Waals surface area contributed by atoms with Crippen molar-refractivity contribution >= 4 is 23.6 Å². The van der Waals surface area contributed by atoms with Crippen LogP contribution in [0.3, 0.4) is 0 Å². The minimum absolute atomic E-state index is 0.141. The van der Waals surface area contributed by atoms with Gasteiger partial charge in [-0.25, -0.2) is 9.18 Å². The van der Waals surface area contributed by atoms with Crippen LogP contribution in [-0.4, -0.2) is 57.2 Å². The second-order valence-electron chi connectivity index (χ2n) is 4.75. The summed E-state index contributed by atoms with van der Waals surface area (Å²) < 4.78 is 19.4. The number of carbonyl (C=O) groups excluding carboxylic acids is 2. The highest BCUT2D eigenvalue weighted by atomic mass is 32.2. The van der Waals surface area contributed by atoms with Gasteiger partial charge in [0.15, 0.2) is 0 Å². The molecule has 1 unspecified atom stereocenters. The molecule has 2 rings (SSSR count). The van der Waals surface area contributed by atoms with Crippen molar-refractivity contribution in [2.24, 2.45) is 0 Å². The van der Waals surface area contributed by atoms with Crippen LogP contribution in [0.5, 0.6) is 0 Å². The van der Waals surface area contributed by atoms with E-state index in [1.165, 1.54) is 24.2 Å². The molecule has 0 aliphatic carbocycles. The van der Waals surface area contributed by atoms with Crippen LogP contribution in [0.2, 0.25) is 0 Å². The fraction of sp³-hybridized carbons (Fsp3) is 0.357. The molecule has 0 saturated heterocycles. The van der Waals surface area contributed by atoms with Crippen molar-refractivity contribution in [3.63, 3.8) is 0 Å². The lowest BCUT2D eigenvalue weighted by atomic mass is 10.1. The monoisotopic (exact) mass is 353 g/mol. The van der Waals surface area contributed by atoms with Crippen molar-refractivity contribution in [3.05, 3.63) is 35.9 Å². The summed E-state index contributed by atoms with van der Waals surface area (Å²) in [5.74, 6) is -0.951. The summed E-state index contributed by atoms with van der Waals surface area (Å²) in [6.07, 6.45) is 3.56. The number of carbonyl (C=O) groups is 2. The Morgan fingerprint density at radius 3 is 2.88 bits per heavy atom. The van der Waals surface area contributed by atoms with Gasteiger partial charge in [-0.05, 0) is 41.0 Å². The second-order valence-corrected chi connectivity index (χ2v) is 5.73. The van der Waals surface area contributed by atoms with E-state index in [2.05, 4.69) is 20.8 Å². The molecule has 1 heterocycles. The largest absolute Gasteiger partial charge is 0.467 e. The van der Waals surface area contributed by atoms with E-state index in [1.54, 1.807) is 11.8 Å². The molecule has 0 radical (unpaired) electrons. The number of hydrogen-bond donors (Lipinski definition) is 1. The lowest BCUT2D eigenvalue weighted by Crippen LogP contribution is -2.42. The van der Waals surface area contributed by atoms with Gasteiger partial charge in [-0.15, -0.1) is 5.10 Å². The molecule has 0 saturated carbocycles. The molecule has 1 aromatic carbocycles. The maximum Gasteiger partial charge on any atom is 0.328 e. The van der Waals surface area contributed by atoms with Crippen molar-refractivity contribution < 1.29 is 18.7 Å². The number of aromatic nitrogens is 4. The predicted octanol–water partition coefficient (Wildman–Crippen LogP) is 0.826. The standard InChI is InChI=1S/C14H16FN5O3S/c1-23-14(22)11(5-6-24-2)17-13(21)10-4-3-9(15)7-12(10)20-8-16-18-19-20/h3-4,7-8,11H,5-6H2,1-2H3,(H,17,21). The van der Waals surface area contributed by atoms with Gasteiger partial charge in [-0.3, -0.25) is 4.79 Å². The summed E-state index contributed by atoms with van der Waals surface area (Å²) in [4.78, 5) is 24.3. The molecule has 24 heavy (non-hydrogen) atoms. The van der Waals surface area contributed by atoms with E-state index in [9.17, 15) is 14.0 Å². The minimum Gasteiger partial charge on any atom is -0.467 e. The molecule has 0 spiro atoms. The molecule has 1 atom stereocenters. The van der Waals surface area contributed by atoms with Gasteiger partial charge in [0.05, 0.1) is 18.4 Å². The molecule has 1 N–H and O–H groups in total. The highest BCUT2D eigenvalue weighted by Gasteiger charge is 2.23. The third-order valence-corrected chi connectivity index (χ3v) is 3.85. The van der Waals surface area contributed by atoms with E-state index in [0.717, 1.165) is 12.1 Å². The minimum atomic E-state index is -0.790. The molecule has 0 bridgehead atoms. The third kappa shape index (κ3) is 4.28. The van der Waals surface area contributed by atoms with Crippen LogP contribution in [0.1, 0.15) is 16.8 Å². The lowest BCUT2D eigenvalue weighted by Gasteiger charge is -2.17. The van der Waals surface area contributed by atoms with E-state index in [1.807, 2.05) is 6.26 Å². The van der Waals surface area contributed by atoms with Crippen molar-refractivity contribution in [3.8, 4) is 5.69 Å². The molecule has 8 nitrogen and oxygen atoms in total. The van der Waals surface area contributed by atoms with Crippen molar-refractivity contribution in [1.82, 2.24) is 25.5 Å². The number of thioether (sulfide) groups is 1. The number of esters is 1. The second kappa shape index (κ2) is 8.39. The Morgan fingerprint density at radius 1 is 1.46 bits per heavy atom. The van der Waals surface area contributed by atoms with Gasteiger partial charge in [0.25, 0.3) is 5.91 Å². The Bertz CT molecular complexity index is 710. The fourth-order valence-electron chi connectivity index (χ4n) is 2.02. The van der Waals surface area contributed by atoms with Gasteiger partial charge >= 0.3 is 5.97 Å². The van der Waals surface area contributed by atoms with Crippen LogP contribution < -0.4 is 5.32 Å². The van der Waals surface area contributed by atoms with E-state index in [0.29, 0.717) is 12.2 Å². The molecule has 2 aromatic rings. The van der Waals surface area contributed by atoms with Gasteiger partial charge in [0, 0.05) is 6.07 Å². The van der Waals surface area contributed by atoms with Crippen LogP contribution in [0.25, 0.3) is 5.69 Å². The average molecular weight is 353 g/mol. The summed E-state index contributed by atoms with van der Waals surface area (Å²) in [5.41, 5.74) is 0.313. The van der Waals surface area contributed by atoms with Crippen LogP contribution >= 0.6 is 11.8 Å². The highest BCUT2D eigenvalue weighted by Crippen LogP contribution is 2.16. The first kappa shape index (κ1) is 17.9. The summed E-state index contributed by atoms with van der Waals surface area (Å²) in [5, 5.41) is 13.2. The highest BCUT2D eigenvalue weighted by molar-refractivity contribution is 7.98. The quantitative estimate of drug-likeness (QED) is 0.736. The maximum absolute atomic E-state index is 13.5. The third-order valence-electron chi connectivity index (χ3n) is 3.20. The van der Waals surface area contributed by atoms with E-state index in [4.69, 9.17) is 4.74 Å². The van der Waals surface area contributed by atoms with Gasteiger partial charge in [0.1, 0.15) is 18.2 Å². The molecule has 0 aliphatic heterocycles. The SMILES string of the molecule is COC(=O)C(CCSC)NC(=O)c1ccc(F)cc1-n1cnnn1. The molecular formula is C14H16FN5O3S. The van der Waals surface area contributed by atoms with Crippen LogP contribution in [0, 0.1) is 5.82 Å². The fourth-order valence-corrected chi connectivity index (χ4v) is 2.49.